The summed E-state index contributed by atoms with van der Waals surface area (Å²) in [5.74, 6) is 1.48. The Morgan fingerprint density at radius 3 is 2.31 bits per heavy atom. The lowest BCUT2D eigenvalue weighted by molar-refractivity contribution is 0.424. The molecule has 92 valence electrons. The maximum Gasteiger partial charge on any atom is 0.189 e. The first-order valence-electron chi connectivity index (χ1n) is 6.85. The number of hydrogen-bond acceptors (Lipinski definition) is 1. The van der Waals surface area contributed by atoms with Crippen molar-refractivity contribution in [2.24, 2.45) is 16.6 Å². The van der Waals surface area contributed by atoms with Gasteiger partial charge in [-0.1, -0.05) is 25.7 Å². The summed E-state index contributed by atoms with van der Waals surface area (Å²) in [6.45, 7) is 2.24. The number of nitrogens with zero attached hydrogens (tertiary/aromatic N) is 1. The molecule has 1 atom stereocenters. The molecule has 2 fully saturated rings. The van der Waals surface area contributed by atoms with Gasteiger partial charge in [0.2, 0.25) is 0 Å². The summed E-state index contributed by atoms with van der Waals surface area (Å²) >= 11 is 0. The molecule has 0 aromatic rings. The van der Waals surface area contributed by atoms with Gasteiger partial charge in [0.15, 0.2) is 5.96 Å². The quantitative estimate of drug-likeness (QED) is 0.570. The van der Waals surface area contributed by atoms with Crippen molar-refractivity contribution < 1.29 is 0 Å². The molecule has 2 rings (SSSR count). The predicted molar refractivity (Wildman–Crippen MR) is 68.4 cm³/mol. The van der Waals surface area contributed by atoms with Gasteiger partial charge in [-0.15, -0.1) is 0 Å². The van der Waals surface area contributed by atoms with E-state index in [0.29, 0.717) is 18.0 Å². The van der Waals surface area contributed by atoms with Crippen molar-refractivity contribution in [2.75, 3.05) is 0 Å². The van der Waals surface area contributed by atoms with Gasteiger partial charge in [-0.2, -0.15) is 0 Å². The molecular formula is C13H25N3. The Labute approximate surface area is 98.9 Å². The van der Waals surface area contributed by atoms with Crippen LogP contribution < -0.4 is 11.1 Å². The van der Waals surface area contributed by atoms with Gasteiger partial charge in [0.25, 0.3) is 0 Å². The van der Waals surface area contributed by atoms with Gasteiger partial charge in [0.05, 0.1) is 6.04 Å². The van der Waals surface area contributed by atoms with Crippen molar-refractivity contribution in [2.45, 2.75) is 70.4 Å². The highest BCUT2D eigenvalue weighted by atomic mass is 15.1. The zero-order valence-corrected chi connectivity index (χ0v) is 10.4. The van der Waals surface area contributed by atoms with E-state index >= 15 is 0 Å². The van der Waals surface area contributed by atoms with Crippen LogP contribution in [0, 0.1) is 5.92 Å². The summed E-state index contributed by atoms with van der Waals surface area (Å²) in [6, 6.07) is 0.982. The lowest BCUT2D eigenvalue weighted by Gasteiger charge is -2.21. The van der Waals surface area contributed by atoms with E-state index in [1.54, 1.807) is 0 Å². The summed E-state index contributed by atoms with van der Waals surface area (Å²) in [4.78, 5) is 4.57. The van der Waals surface area contributed by atoms with Crippen LogP contribution in [0.4, 0.5) is 0 Å². The Morgan fingerprint density at radius 1 is 1.12 bits per heavy atom. The topological polar surface area (TPSA) is 50.4 Å². The van der Waals surface area contributed by atoms with Crippen molar-refractivity contribution in [1.82, 2.24) is 5.32 Å². The molecule has 0 amide bonds. The molecule has 2 aliphatic carbocycles. The van der Waals surface area contributed by atoms with Crippen LogP contribution >= 0.6 is 0 Å². The SMILES string of the molecule is CC(NC(N)=NC1CCCC1)C1CCCC1. The van der Waals surface area contributed by atoms with E-state index < -0.39 is 0 Å². The normalized spacial score (nSPS) is 26.2. The van der Waals surface area contributed by atoms with Crippen molar-refractivity contribution in [1.29, 1.82) is 0 Å². The Bertz CT molecular complexity index is 238. The highest BCUT2D eigenvalue weighted by Crippen LogP contribution is 2.27. The third-order valence-corrected chi connectivity index (χ3v) is 4.13. The fourth-order valence-corrected chi connectivity index (χ4v) is 3.08. The Balaban J connectivity index is 1.78. The smallest absolute Gasteiger partial charge is 0.189 e. The van der Waals surface area contributed by atoms with E-state index in [0.717, 1.165) is 5.92 Å². The van der Waals surface area contributed by atoms with Crippen LogP contribution in [0.1, 0.15) is 58.3 Å². The minimum Gasteiger partial charge on any atom is -0.370 e. The number of guanidine groups is 1. The number of nitrogens with two attached hydrogens (primary N) is 1. The first kappa shape index (κ1) is 11.7. The first-order valence-corrected chi connectivity index (χ1v) is 6.85. The molecule has 0 heterocycles. The Kier molecular flexibility index (Phi) is 4.08. The second-order valence-corrected chi connectivity index (χ2v) is 5.43. The summed E-state index contributed by atoms with van der Waals surface area (Å²) < 4.78 is 0. The molecule has 1 unspecified atom stereocenters. The fourth-order valence-electron chi connectivity index (χ4n) is 3.08. The minimum absolute atomic E-state index is 0.489. The van der Waals surface area contributed by atoms with Crippen LogP contribution in [0.3, 0.4) is 0 Å². The second-order valence-electron chi connectivity index (χ2n) is 5.43. The summed E-state index contributed by atoms with van der Waals surface area (Å²) in [7, 11) is 0. The van der Waals surface area contributed by atoms with E-state index in [4.69, 9.17) is 5.73 Å². The molecule has 3 nitrogen and oxygen atoms in total. The van der Waals surface area contributed by atoms with E-state index in [2.05, 4.69) is 17.2 Å². The molecule has 0 saturated heterocycles. The van der Waals surface area contributed by atoms with Gasteiger partial charge in [-0.25, -0.2) is 0 Å². The van der Waals surface area contributed by atoms with Crippen molar-refractivity contribution in [3.63, 3.8) is 0 Å². The molecule has 16 heavy (non-hydrogen) atoms. The Morgan fingerprint density at radius 2 is 1.69 bits per heavy atom. The number of aliphatic imine (C=N–C) groups is 1. The number of rotatable bonds is 3. The molecule has 0 bridgehead atoms. The third kappa shape index (κ3) is 3.13. The average molecular weight is 223 g/mol. The molecule has 0 aromatic heterocycles. The summed E-state index contributed by atoms with van der Waals surface area (Å²) in [5.41, 5.74) is 5.96. The molecule has 2 aliphatic rings. The zero-order valence-electron chi connectivity index (χ0n) is 10.4. The lowest BCUT2D eigenvalue weighted by Crippen LogP contribution is -2.42. The van der Waals surface area contributed by atoms with Crippen LogP contribution in [-0.2, 0) is 0 Å². The summed E-state index contributed by atoms with van der Waals surface area (Å²) in [5, 5.41) is 3.38. The predicted octanol–water partition coefficient (Wildman–Crippen LogP) is 2.41. The van der Waals surface area contributed by atoms with Crippen molar-refractivity contribution in [3.05, 3.63) is 0 Å². The first-order chi connectivity index (χ1) is 7.75. The van der Waals surface area contributed by atoms with E-state index in [1.165, 1.54) is 51.4 Å². The van der Waals surface area contributed by atoms with Gasteiger partial charge in [0.1, 0.15) is 0 Å². The molecule has 0 aromatic carbocycles. The van der Waals surface area contributed by atoms with Crippen molar-refractivity contribution >= 4 is 5.96 Å². The molecule has 3 heteroatoms. The monoisotopic (exact) mass is 223 g/mol. The molecular weight excluding hydrogens is 198 g/mol. The maximum atomic E-state index is 5.96. The van der Waals surface area contributed by atoms with Crippen LogP contribution in [0.25, 0.3) is 0 Å². The van der Waals surface area contributed by atoms with Gasteiger partial charge < -0.3 is 11.1 Å². The number of nitrogens with one attached hydrogen (secondary N) is 1. The molecule has 0 aliphatic heterocycles. The van der Waals surface area contributed by atoms with E-state index in [1.807, 2.05) is 0 Å². The Hall–Kier alpha value is -0.730. The third-order valence-electron chi connectivity index (χ3n) is 4.13. The van der Waals surface area contributed by atoms with Crippen LogP contribution in [0.15, 0.2) is 4.99 Å². The largest absolute Gasteiger partial charge is 0.370 e. The lowest BCUT2D eigenvalue weighted by atomic mass is 10.0. The molecule has 0 spiro atoms. The van der Waals surface area contributed by atoms with Crippen molar-refractivity contribution in [3.8, 4) is 0 Å². The van der Waals surface area contributed by atoms with Crippen LogP contribution in [0.2, 0.25) is 0 Å². The standard InChI is InChI=1S/C13H25N3/c1-10(11-6-2-3-7-11)15-13(14)16-12-8-4-5-9-12/h10-12H,2-9H2,1H3,(H3,14,15,16). The highest BCUT2D eigenvalue weighted by Gasteiger charge is 2.22. The van der Waals surface area contributed by atoms with E-state index in [9.17, 15) is 0 Å². The maximum absolute atomic E-state index is 5.96. The van der Waals surface area contributed by atoms with Crippen LogP contribution in [-0.4, -0.2) is 18.0 Å². The second kappa shape index (κ2) is 5.55. The molecule has 2 saturated carbocycles. The zero-order chi connectivity index (χ0) is 11.4. The minimum atomic E-state index is 0.489. The van der Waals surface area contributed by atoms with Crippen LogP contribution in [0.5, 0.6) is 0 Å². The fraction of sp³-hybridized carbons (Fsp3) is 0.923. The number of hydrogen-bond donors (Lipinski definition) is 2. The van der Waals surface area contributed by atoms with Gasteiger partial charge in [0, 0.05) is 6.04 Å². The van der Waals surface area contributed by atoms with Gasteiger partial charge in [-0.05, 0) is 38.5 Å². The molecule has 3 N–H and O–H groups in total. The highest BCUT2D eigenvalue weighted by molar-refractivity contribution is 5.78. The summed E-state index contributed by atoms with van der Waals surface area (Å²) in [6.07, 6.45) is 10.6. The van der Waals surface area contributed by atoms with E-state index in [-0.39, 0.29) is 0 Å². The van der Waals surface area contributed by atoms with Gasteiger partial charge in [-0.3, -0.25) is 4.99 Å². The van der Waals surface area contributed by atoms with Gasteiger partial charge >= 0.3 is 0 Å². The average Bonchev–Trinajstić information content (AvgIpc) is 2.88. The molecule has 0 radical (unpaired) electrons.